The topological polar surface area (TPSA) is 80.6 Å². The first-order valence-electron chi connectivity index (χ1n) is 9.01. The normalized spacial score (nSPS) is 11.7. The monoisotopic (exact) mass is 378 g/mol. The molecule has 1 atom stereocenters. The molecule has 6 heteroatoms. The molecule has 0 saturated heterocycles. The number of aromatic nitrogens is 1. The van der Waals surface area contributed by atoms with Crippen LogP contribution in [0.15, 0.2) is 66.7 Å². The molecule has 0 spiro atoms. The van der Waals surface area contributed by atoms with E-state index < -0.39 is 18.0 Å². The smallest absolute Gasteiger partial charge is 0.340 e. The highest BCUT2D eigenvalue weighted by atomic mass is 16.5. The van der Waals surface area contributed by atoms with Crippen LogP contribution in [0.1, 0.15) is 34.6 Å². The Balaban J connectivity index is 1.98. The summed E-state index contributed by atoms with van der Waals surface area (Å²) in [5.41, 5.74) is 5.51. The Kier molecular flexibility index (Phi) is 5.91. The number of carbonyl (C=O) groups is 2. The minimum atomic E-state index is -1.34. The van der Waals surface area contributed by atoms with Gasteiger partial charge in [0.1, 0.15) is 0 Å². The molecule has 144 valence electrons. The number of hydrogen-bond acceptors (Lipinski definition) is 4. The quantitative estimate of drug-likeness (QED) is 0.644. The second kappa shape index (κ2) is 8.54. The van der Waals surface area contributed by atoms with Crippen LogP contribution >= 0.6 is 0 Å². The van der Waals surface area contributed by atoms with Crippen molar-refractivity contribution in [3.8, 4) is 11.3 Å². The molecule has 0 radical (unpaired) electrons. The molecule has 0 fully saturated rings. The van der Waals surface area contributed by atoms with Crippen molar-refractivity contribution in [2.75, 3.05) is 12.0 Å². The largest absolute Gasteiger partial charge is 0.462 e. The third kappa shape index (κ3) is 3.97. The number of amides is 1. The van der Waals surface area contributed by atoms with E-state index in [4.69, 9.17) is 4.74 Å². The third-order valence-corrected chi connectivity index (χ3v) is 4.40. The fourth-order valence-electron chi connectivity index (χ4n) is 2.95. The number of hydrogen-bond donors (Lipinski definition) is 2. The van der Waals surface area contributed by atoms with E-state index in [9.17, 15) is 14.7 Å². The summed E-state index contributed by atoms with van der Waals surface area (Å²) in [6, 6.07) is 19.7. The average molecular weight is 378 g/mol. The Bertz CT molecular complexity index is 965. The zero-order valence-electron chi connectivity index (χ0n) is 15.8. The number of aliphatic hydroxyl groups excluding tert-OH is 1. The fraction of sp³-hybridized carbons (Fsp3) is 0.182. The number of ether oxygens (including phenoxy) is 1. The second-order valence-corrected chi connectivity index (χ2v) is 6.24. The molecule has 0 saturated carbocycles. The van der Waals surface area contributed by atoms with Crippen LogP contribution in [0.2, 0.25) is 0 Å². The van der Waals surface area contributed by atoms with Gasteiger partial charge in [0.15, 0.2) is 6.10 Å². The van der Waals surface area contributed by atoms with Gasteiger partial charge in [-0.1, -0.05) is 60.7 Å². The predicted molar refractivity (Wildman–Crippen MR) is 106 cm³/mol. The van der Waals surface area contributed by atoms with Gasteiger partial charge in [-0.25, -0.2) is 4.79 Å². The van der Waals surface area contributed by atoms with Crippen LogP contribution in [0.4, 0.5) is 0 Å². The number of aliphatic hydroxyl groups is 1. The van der Waals surface area contributed by atoms with Gasteiger partial charge in [-0.15, -0.1) is 0 Å². The van der Waals surface area contributed by atoms with Crippen molar-refractivity contribution < 1.29 is 19.4 Å². The van der Waals surface area contributed by atoms with Crippen LogP contribution < -0.4 is 5.43 Å². The second-order valence-electron chi connectivity index (χ2n) is 6.24. The summed E-state index contributed by atoms with van der Waals surface area (Å²) < 4.78 is 6.63. The van der Waals surface area contributed by atoms with Crippen molar-refractivity contribution >= 4 is 11.9 Å². The first-order valence-corrected chi connectivity index (χ1v) is 9.01. The molecule has 3 aromatic rings. The summed E-state index contributed by atoms with van der Waals surface area (Å²) in [5.74, 6) is -1.06. The lowest BCUT2D eigenvalue weighted by Crippen LogP contribution is -2.29. The van der Waals surface area contributed by atoms with Gasteiger partial charge in [-0.2, -0.15) is 0 Å². The summed E-state index contributed by atoms with van der Waals surface area (Å²) in [6.45, 7) is 3.71. The molecule has 1 amide bonds. The molecule has 2 aromatic carbocycles. The van der Waals surface area contributed by atoms with E-state index in [2.05, 4.69) is 5.43 Å². The van der Waals surface area contributed by atoms with E-state index in [0.717, 1.165) is 5.56 Å². The highest BCUT2D eigenvalue weighted by Gasteiger charge is 2.23. The average Bonchev–Trinajstić information content (AvgIpc) is 3.05. The molecule has 28 heavy (non-hydrogen) atoms. The molecule has 3 rings (SSSR count). The lowest BCUT2D eigenvalue weighted by atomic mass is 10.1. The fourth-order valence-corrected chi connectivity index (χ4v) is 2.95. The van der Waals surface area contributed by atoms with Crippen molar-refractivity contribution in [3.63, 3.8) is 0 Å². The summed E-state index contributed by atoms with van der Waals surface area (Å²) in [4.78, 5) is 25.0. The molecular weight excluding hydrogens is 356 g/mol. The number of rotatable bonds is 6. The molecule has 1 heterocycles. The number of benzene rings is 2. The van der Waals surface area contributed by atoms with Gasteiger partial charge in [0.25, 0.3) is 5.91 Å². The van der Waals surface area contributed by atoms with Crippen LogP contribution in [0.25, 0.3) is 11.3 Å². The predicted octanol–water partition coefficient (Wildman–Crippen LogP) is 3.44. The standard InChI is InChI=1S/C22H22N2O4/c1-3-28-22(27)18-14-19(16-10-6-4-7-11-16)24(15(18)2)23-21(26)20(25)17-12-8-5-9-13-17/h4-14,20,25H,3H2,1-2H3,(H,23,26)/t20-/m1/s1. The summed E-state index contributed by atoms with van der Waals surface area (Å²) in [7, 11) is 0. The van der Waals surface area contributed by atoms with Crippen LogP contribution in [-0.4, -0.2) is 28.3 Å². The van der Waals surface area contributed by atoms with Crippen molar-refractivity contribution in [1.29, 1.82) is 0 Å². The first-order chi connectivity index (χ1) is 13.5. The van der Waals surface area contributed by atoms with Crippen molar-refractivity contribution in [3.05, 3.63) is 83.6 Å². The van der Waals surface area contributed by atoms with Crippen molar-refractivity contribution in [1.82, 2.24) is 4.68 Å². The van der Waals surface area contributed by atoms with Crippen LogP contribution in [0, 0.1) is 6.92 Å². The van der Waals surface area contributed by atoms with Gasteiger partial charge in [0.05, 0.1) is 23.6 Å². The van der Waals surface area contributed by atoms with Gasteiger partial charge < -0.3 is 9.84 Å². The van der Waals surface area contributed by atoms with Gasteiger partial charge >= 0.3 is 5.97 Å². The minimum absolute atomic E-state index is 0.253. The molecule has 2 N–H and O–H groups in total. The Morgan fingerprint density at radius 1 is 1.07 bits per heavy atom. The number of nitrogens with zero attached hydrogens (tertiary/aromatic N) is 1. The van der Waals surface area contributed by atoms with Crippen molar-refractivity contribution in [2.24, 2.45) is 0 Å². The van der Waals surface area contributed by atoms with Gasteiger partial charge in [0.2, 0.25) is 0 Å². The molecule has 0 aliphatic carbocycles. The first kappa shape index (κ1) is 19.4. The van der Waals surface area contributed by atoms with E-state index in [-0.39, 0.29) is 6.61 Å². The Morgan fingerprint density at radius 2 is 1.68 bits per heavy atom. The Hall–Kier alpha value is -3.38. The van der Waals surface area contributed by atoms with Gasteiger partial charge in [-0.3, -0.25) is 14.9 Å². The lowest BCUT2D eigenvalue weighted by molar-refractivity contribution is -0.125. The number of esters is 1. The molecular formula is C22H22N2O4. The number of carbonyl (C=O) groups excluding carboxylic acids is 2. The molecule has 0 unspecified atom stereocenters. The maximum atomic E-state index is 12.7. The van der Waals surface area contributed by atoms with Gasteiger partial charge in [-0.05, 0) is 25.5 Å². The van der Waals surface area contributed by atoms with Crippen LogP contribution in [-0.2, 0) is 9.53 Å². The number of nitrogens with one attached hydrogen (secondary N) is 1. The maximum Gasteiger partial charge on any atom is 0.340 e. The highest BCUT2D eigenvalue weighted by molar-refractivity contribution is 5.94. The van der Waals surface area contributed by atoms with Crippen LogP contribution in [0.5, 0.6) is 0 Å². The molecule has 0 bridgehead atoms. The highest BCUT2D eigenvalue weighted by Crippen LogP contribution is 2.26. The summed E-state index contributed by atoms with van der Waals surface area (Å²) in [6.07, 6.45) is -1.34. The van der Waals surface area contributed by atoms with E-state index in [1.54, 1.807) is 44.2 Å². The minimum Gasteiger partial charge on any atom is -0.462 e. The molecule has 1 aromatic heterocycles. The molecule has 0 aliphatic heterocycles. The zero-order chi connectivity index (χ0) is 20.1. The Labute approximate surface area is 163 Å². The van der Waals surface area contributed by atoms with E-state index in [1.165, 1.54) is 4.68 Å². The van der Waals surface area contributed by atoms with E-state index in [0.29, 0.717) is 22.5 Å². The molecule has 6 nitrogen and oxygen atoms in total. The zero-order valence-corrected chi connectivity index (χ0v) is 15.8. The summed E-state index contributed by atoms with van der Waals surface area (Å²) in [5, 5.41) is 10.4. The SMILES string of the molecule is CCOC(=O)c1cc(-c2ccccc2)n(NC(=O)[C@H](O)c2ccccc2)c1C. The Morgan fingerprint density at radius 3 is 2.29 bits per heavy atom. The lowest BCUT2D eigenvalue weighted by Gasteiger charge is -2.16. The summed E-state index contributed by atoms with van der Waals surface area (Å²) >= 11 is 0. The van der Waals surface area contributed by atoms with E-state index >= 15 is 0 Å². The van der Waals surface area contributed by atoms with Gasteiger partial charge in [0, 0.05) is 5.56 Å². The maximum absolute atomic E-state index is 12.7. The van der Waals surface area contributed by atoms with E-state index in [1.807, 2.05) is 36.4 Å². The van der Waals surface area contributed by atoms with Crippen molar-refractivity contribution in [2.45, 2.75) is 20.0 Å². The third-order valence-electron chi connectivity index (χ3n) is 4.40. The van der Waals surface area contributed by atoms with Crippen LogP contribution in [0.3, 0.4) is 0 Å². The molecule has 0 aliphatic rings.